The van der Waals surface area contributed by atoms with Crippen LogP contribution in [0.25, 0.3) is 0 Å². The standard InChI is InChI=1S/C12H9N3O3/c13-6-10-7-14-18-11(10)15-12(16)17-8-9-4-2-1-3-5-9/h1-5,7H,8H2,(H,15,16). The third-order valence-electron chi connectivity index (χ3n) is 2.12. The maximum atomic E-state index is 11.4. The van der Waals surface area contributed by atoms with Gasteiger partial charge < -0.3 is 9.26 Å². The normalized spacial score (nSPS) is 9.50. The minimum atomic E-state index is -0.702. The summed E-state index contributed by atoms with van der Waals surface area (Å²) in [7, 11) is 0. The Labute approximate surface area is 103 Å². The lowest BCUT2D eigenvalue weighted by Gasteiger charge is -2.04. The van der Waals surface area contributed by atoms with Gasteiger partial charge in [0.1, 0.15) is 18.2 Å². The fraction of sp³-hybridized carbons (Fsp3) is 0.0833. The van der Waals surface area contributed by atoms with Gasteiger partial charge in [-0.3, -0.25) is 5.32 Å². The average molecular weight is 243 g/mol. The molecule has 1 amide bonds. The molecule has 0 aliphatic heterocycles. The first-order chi connectivity index (χ1) is 8.79. The molecule has 0 radical (unpaired) electrons. The van der Waals surface area contributed by atoms with E-state index in [4.69, 9.17) is 14.5 Å². The van der Waals surface area contributed by atoms with Crippen LogP contribution in [0.4, 0.5) is 10.7 Å². The van der Waals surface area contributed by atoms with Crippen LogP contribution in [0.2, 0.25) is 0 Å². The molecule has 0 bridgehead atoms. The molecule has 1 heterocycles. The number of nitrogens with one attached hydrogen (secondary N) is 1. The SMILES string of the molecule is N#Cc1cnoc1NC(=O)OCc1ccccc1. The quantitative estimate of drug-likeness (QED) is 0.893. The fourth-order valence-electron chi connectivity index (χ4n) is 1.26. The number of amides is 1. The van der Waals surface area contributed by atoms with E-state index < -0.39 is 6.09 Å². The zero-order chi connectivity index (χ0) is 12.8. The van der Waals surface area contributed by atoms with Crippen LogP contribution in [0.1, 0.15) is 11.1 Å². The molecule has 2 aromatic rings. The first-order valence-electron chi connectivity index (χ1n) is 5.12. The Morgan fingerprint density at radius 3 is 2.94 bits per heavy atom. The Hall–Kier alpha value is -2.81. The van der Waals surface area contributed by atoms with E-state index >= 15 is 0 Å². The minimum absolute atomic E-state index is 0.0180. The molecule has 6 nitrogen and oxygen atoms in total. The number of aromatic nitrogens is 1. The van der Waals surface area contributed by atoms with Gasteiger partial charge in [0.05, 0.1) is 6.20 Å². The van der Waals surface area contributed by atoms with E-state index in [1.54, 1.807) is 0 Å². The second kappa shape index (κ2) is 5.50. The number of nitrogens with zero attached hydrogens (tertiary/aromatic N) is 2. The van der Waals surface area contributed by atoms with E-state index in [0.29, 0.717) is 0 Å². The average Bonchev–Trinajstić information content (AvgIpc) is 2.85. The van der Waals surface area contributed by atoms with Crippen LogP contribution >= 0.6 is 0 Å². The highest BCUT2D eigenvalue weighted by molar-refractivity contribution is 5.84. The van der Waals surface area contributed by atoms with Crippen LogP contribution < -0.4 is 5.32 Å². The van der Waals surface area contributed by atoms with Crippen molar-refractivity contribution in [2.24, 2.45) is 0 Å². The summed E-state index contributed by atoms with van der Waals surface area (Å²) >= 11 is 0. The lowest BCUT2D eigenvalue weighted by atomic mass is 10.2. The molecule has 0 saturated carbocycles. The molecule has 6 heteroatoms. The Balaban J connectivity index is 1.88. The Kier molecular flexibility index (Phi) is 3.56. The predicted molar refractivity (Wildman–Crippen MR) is 61.5 cm³/mol. The molecule has 0 unspecified atom stereocenters. The highest BCUT2D eigenvalue weighted by Gasteiger charge is 2.11. The third kappa shape index (κ3) is 2.86. The maximum absolute atomic E-state index is 11.4. The monoisotopic (exact) mass is 243 g/mol. The number of benzene rings is 1. The summed E-state index contributed by atoms with van der Waals surface area (Å²) in [5.74, 6) is -0.0180. The summed E-state index contributed by atoms with van der Waals surface area (Å²) in [4.78, 5) is 11.4. The molecule has 0 saturated heterocycles. The number of anilines is 1. The summed E-state index contributed by atoms with van der Waals surface area (Å²) in [6.07, 6.45) is 0.513. The highest BCUT2D eigenvalue weighted by Crippen LogP contribution is 2.13. The van der Waals surface area contributed by atoms with Crippen molar-refractivity contribution < 1.29 is 14.1 Å². The van der Waals surface area contributed by atoms with Gasteiger partial charge in [0.2, 0.25) is 0 Å². The van der Waals surface area contributed by atoms with Crippen LogP contribution in [-0.4, -0.2) is 11.2 Å². The molecule has 1 aromatic carbocycles. The number of nitriles is 1. The van der Waals surface area contributed by atoms with Gasteiger partial charge in [0, 0.05) is 0 Å². The van der Waals surface area contributed by atoms with E-state index in [1.807, 2.05) is 36.4 Å². The fourth-order valence-corrected chi connectivity index (χ4v) is 1.26. The number of hydrogen-bond acceptors (Lipinski definition) is 5. The largest absolute Gasteiger partial charge is 0.444 e. The van der Waals surface area contributed by atoms with Crippen molar-refractivity contribution in [2.45, 2.75) is 6.61 Å². The Bertz CT molecular complexity index is 572. The molecule has 0 aliphatic carbocycles. The second-order valence-electron chi connectivity index (χ2n) is 3.37. The van der Waals surface area contributed by atoms with E-state index in [1.165, 1.54) is 6.20 Å². The lowest BCUT2D eigenvalue weighted by Crippen LogP contribution is -2.13. The molecule has 0 spiro atoms. The molecule has 1 aromatic heterocycles. The van der Waals surface area contributed by atoms with Crippen LogP contribution in [0, 0.1) is 11.3 Å². The smallest absolute Gasteiger partial charge is 0.414 e. The number of carbonyl (C=O) groups excluding carboxylic acids is 1. The van der Waals surface area contributed by atoms with Crippen LogP contribution in [0.3, 0.4) is 0 Å². The first kappa shape index (κ1) is 11.7. The van der Waals surface area contributed by atoms with E-state index in [-0.39, 0.29) is 18.1 Å². The predicted octanol–water partition coefficient (Wildman–Crippen LogP) is 2.29. The van der Waals surface area contributed by atoms with Crippen molar-refractivity contribution in [2.75, 3.05) is 5.32 Å². The van der Waals surface area contributed by atoms with Gasteiger partial charge in [0.25, 0.3) is 5.88 Å². The van der Waals surface area contributed by atoms with Gasteiger partial charge >= 0.3 is 6.09 Å². The zero-order valence-corrected chi connectivity index (χ0v) is 9.29. The van der Waals surface area contributed by atoms with Crippen molar-refractivity contribution >= 4 is 12.0 Å². The summed E-state index contributed by atoms with van der Waals surface area (Å²) in [6.45, 7) is 0.142. The van der Waals surface area contributed by atoms with Crippen molar-refractivity contribution in [3.05, 3.63) is 47.7 Å². The van der Waals surface area contributed by atoms with Crippen LogP contribution in [0.15, 0.2) is 41.1 Å². The molecule has 0 aliphatic rings. The molecule has 2 rings (SSSR count). The zero-order valence-electron chi connectivity index (χ0n) is 9.29. The van der Waals surface area contributed by atoms with Crippen molar-refractivity contribution in [1.82, 2.24) is 5.16 Å². The van der Waals surface area contributed by atoms with Gasteiger partial charge in [-0.05, 0) is 5.56 Å². The highest BCUT2D eigenvalue weighted by atomic mass is 16.6. The molecule has 90 valence electrons. The van der Waals surface area contributed by atoms with Crippen LogP contribution in [-0.2, 0) is 11.3 Å². The summed E-state index contributed by atoms with van der Waals surface area (Å²) in [6, 6.07) is 11.1. The van der Waals surface area contributed by atoms with Crippen molar-refractivity contribution in [1.29, 1.82) is 5.26 Å². The molecular weight excluding hydrogens is 234 g/mol. The Morgan fingerprint density at radius 2 is 2.22 bits per heavy atom. The van der Waals surface area contributed by atoms with E-state index in [9.17, 15) is 4.79 Å². The molecule has 1 N–H and O–H groups in total. The topological polar surface area (TPSA) is 88.2 Å². The van der Waals surface area contributed by atoms with Gasteiger partial charge in [0.15, 0.2) is 0 Å². The molecule has 18 heavy (non-hydrogen) atoms. The number of rotatable bonds is 3. The lowest BCUT2D eigenvalue weighted by molar-refractivity contribution is 0.154. The number of ether oxygens (including phenoxy) is 1. The second-order valence-corrected chi connectivity index (χ2v) is 3.37. The third-order valence-corrected chi connectivity index (χ3v) is 2.12. The van der Waals surface area contributed by atoms with E-state index in [0.717, 1.165) is 5.56 Å². The summed E-state index contributed by atoms with van der Waals surface area (Å²) < 4.78 is 9.65. The van der Waals surface area contributed by atoms with E-state index in [2.05, 4.69) is 10.5 Å². The number of hydrogen-bond donors (Lipinski definition) is 1. The molecular formula is C12H9N3O3. The van der Waals surface area contributed by atoms with Gasteiger partial charge in [-0.2, -0.15) is 5.26 Å². The summed E-state index contributed by atoms with van der Waals surface area (Å²) in [5, 5.41) is 14.4. The maximum Gasteiger partial charge on any atom is 0.414 e. The van der Waals surface area contributed by atoms with Crippen molar-refractivity contribution in [3.8, 4) is 6.07 Å². The first-order valence-corrected chi connectivity index (χ1v) is 5.12. The molecule has 0 atom stereocenters. The van der Waals surface area contributed by atoms with Gasteiger partial charge in [-0.25, -0.2) is 4.79 Å². The summed E-state index contributed by atoms with van der Waals surface area (Å²) in [5.41, 5.74) is 1.01. The van der Waals surface area contributed by atoms with Gasteiger partial charge in [-0.1, -0.05) is 35.5 Å². The van der Waals surface area contributed by atoms with Gasteiger partial charge in [-0.15, -0.1) is 0 Å². The molecule has 0 fully saturated rings. The van der Waals surface area contributed by atoms with Crippen molar-refractivity contribution in [3.63, 3.8) is 0 Å². The van der Waals surface area contributed by atoms with Crippen LogP contribution in [0.5, 0.6) is 0 Å². The Morgan fingerprint density at radius 1 is 1.44 bits per heavy atom. The number of carbonyl (C=O) groups is 1. The minimum Gasteiger partial charge on any atom is -0.444 e.